The molecule has 1 amide bonds. The molecule has 0 bridgehead atoms. The highest BCUT2D eigenvalue weighted by molar-refractivity contribution is 9.10. The SMILES string of the molecule is Cc1cc(Br)c(F)cc1NC(=O)CSC1CCNCC1. The first-order valence-corrected chi connectivity index (χ1v) is 8.48. The Kier molecular flexibility index (Phi) is 5.86. The van der Waals surface area contributed by atoms with Crippen LogP contribution in [0.2, 0.25) is 0 Å². The predicted octanol–water partition coefficient (Wildman–Crippen LogP) is 3.32. The molecule has 1 saturated heterocycles. The lowest BCUT2D eigenvalue weighted by Gasteiger charge is -2.21. The van der Waals surface area contributed by atoms with Crippen molar-refractivity contribution in [1.29, 1.82) is 0 Å². The molecule has 1 aromatic carbocycles. The number of rotatable bonds is 4. The fourth-order valence-electron chi connectivity index (χ4n) is 2.12. The summed E-state index contributed by atoms with van der Waals surface area (Å²) in [5.74, 6) is -0.0165. The molecule has 1 aliphatic rings. The molecule has 20 heavy (non-hydrogen) atoms. The van der Waals surface area contributed by atoms with Gasteiger partial charge in [-0.25, -0.2) is 4.39 Å². The number of halogens is 2. The smallest absolute Gasteiger partial charge is 0.234 e. The van der Waals surface area contributed by atoms with Gasteiger partial charge >= 0.3 is 0 Å². The van der Waals surface area contributed by atoms with Crippen LogP contribution in [0, 0.1) is 12.7 Å². The highest BCUT2D eigenvalue weighted by Crippen LogP contribution is 2.25. The minimum atomic E-state index is -0.364. The lowest BCUT2D eigenvalue weighted by Crippen LogP contribution is -2.30. The van der Waals surface area contributed by atoms with Crippen LogP contribution in [-0.4, -0.2) is 30.0 Å². The Balaban J connectivity index is 1.86. The number of nitrogens with one attached hydrogen (secondary N) is 2. The van der Waals surface area contributed by atoms with E-state index in [9.17, 15) is 9.18 Å². The van der Waals surface area contributed by atoms with Gasteiger partial charge in [-0.1, -0.05) is 0 Å². The second kappa shape index (κ2) is 7.43. The molecule has 0 aliphatic carbocycles. The van der Waals surface area contributed by atoms with E-state index in [0.29, 0.717) is 21.2 Å². The zero-order chi connectivity index (χ0) is 14.5. The van der Waals surface area contributed by atoms with Crippen molar-refractivity contribution in [2.75, 3.05) is 24.2 Å². The number of amides is 1. The second-order valence-corrected chi connectivity index (χ2v) is 7.03. The van der Waals surface area contributed by atoms with Crippen LogP contribution >= 0.6 is 27.7 Å². The predicted molar refractivity (Wildman–Crippen MR) is 85.8 cm³/mol. The minimum absolute atomic E-state index is 0.0710. The third-order valence-corrected chi connectivity index (χ3v) is 5.26. The maximum atomic E-state index is 13.5. The molecule has 6 heteroatoms. The van der Waals surface area contributed by atoms with E-state index < -0.39 is 0 Å². The summed E-state index contributed by atoms with van der Waals surface area (Å²) in [7, 11) is 0. The molecule has 0 radical (unpaired) electrons. The summed E-state index contributed by atoms with van der Waals surface area (Å²) in [6, 6.07) is 3.03. The molecule has 0 spiro atoms. The van der Waals surface area contributed by atoms with Gasteiger partial charge in [0.1, 0.15) is 5.82 Å². The Bertz CT molecular complexity index is 492. The molecule has 0 atom stereocenters. The molecule has 1 heterocycles. The average molecular weight is 361 g/mol. The molecule has 0 saturated carbocycles. The van der Waals surface area contributed by atoms with Gasteiger partial charge in [0, 0.05) is 10.9 Å². The van der Waals surface area contributed by atoms with E-state index in [4.69, 9.17) is 0 Å². The number of aryl methyl sites for hydroxylation is 1. The fourth-order valence-corrected chi connectivity index (χ4v) is 3.61. The van der Waals surface area contributed by atoms with Gasteiger partial charge in [-0.3, -0.25) is 4.79 Å². The van der Waals surface area contributed by atoms with Crippen molar-refractivity contribution >= 4 is 39.3 Å². The average Bonchev–Trinajstić information content (AvgIpc) is 2.44. The van der Waals surface area contributed by atoms with E-state index in [1.54, 1.807) is 17.8 Å². The van der Waals surface area contributed by atoms with Gasteiger partial charge in [0.25, 0.3) is 0 Å². The second-order valence-electron chi connectivity index (χ2n) is 4.89. The van der Waals surface area contributed by atoms with E-state index in [2.05, 4.69) is 26.6 Å². The standard InChI is InChI=1S/C14H18BrFN2OS/c1-9-6-11(15)12(16)7-13(9)18-14(19)8-20-10-2-4-17-5-3-10/h6-7,10,17H,2-5,8H2,1H3,(H,18,19). The van der Waals surface area contributed by atoms with Gasteiger partial charge in [0.05, 0.1) is 10.2 Å². The summed E-state index contributed by atoms with van der Waals surface area (Å²) in [5.41, 5.74) is 1.39. The molecule has 3 nitrogen and oxygen atoms in total. The highest BCUT2D eigenvalue weighted by atomic mass is 79.9. The van der Waals surface area contributed by atoms with Crippen molar-refractivity contribution in [2.24, 2.45) is 0 Å². The van der Waals surface area contributed by atoms with Gasteiger partial charge in [0.2, 0.25) is 5.91 Å². The normalized spacial score (nSPS) is 16.1. The molecule has 1 aliphatic heterocycles. The van der Waals surface area contributed by atoms with Crippen LogP contribution in [0.4, 0.5) is 10.1 Å². The maximum absolute atomic E-state index is 13.5. The summed E-state index contributed by atoms with van der Waals surface area (Å²) in [6.07, 6.45) is 2.20. The number of carbonyl (C=O) groups excluding carboxylic acids is 1. The Morgan fingerprint density at radius 1 is 1.50 bits per heavy atom. The van der Waals surface area contributed by atoms with E-state index in [1.165, 1.54) is 6.07 Å². The quantitative estimate of drug-likeness (QED) is 0.865. The zero-order valence-electron chi connectivity index (χ0n) is 11.3. The summed E-state index contributed by atoms with van der Waals surface area (Å²) >= 11 is 4.81. The number of benzene rings is 1. The van der Waals surface area contributed by atoms with Crippen LogP contribution in [0.1, 0.15) is 18.4 Å². The maximum Gasteiger partial charge on any atom is 0.234 e. The summed E-state index contributed by atoms with van der Waals surface area (Å²) in [5, 5.41) is 6.63. The molecule has 2 N–H and O–H groups in total. The Morgan fingerprint density at radius 2 is 2.20 bits per heavy atom. The third kappa shape index (κ3) is 4.46. The van der Waals surface area contributed by atoms with E-state index in [1.807, 2.05) is 6.92 Å². The number of hydrogen-bond donors (Lipinski definition) is 2. The minimum Gasteiger partial charge on any atom is -0.325 e. The first-order chi connectivity index (χ1) is 9.56. The number of thioether (sulfide) groups is 1. The third-order valence-electron chi connectivity index (χ3n) is 3.28. The fraction of sp³-hybridized carbons (Fsp3) is 0.500. The van der Waals surface area contributed by atoms with Crippen LogP contribution in [0.15, 0.2) is 16.6 Å². The number of piperidine rings is 1. The van der Waals surface area contributed by atoms with Crippen molar-refractivity contribution in [3.8, 4) is 0 Å². The molecule has 0 unspecified atom stereocenters. The van der Waals surface area contributed by atoms with Crippen molar-refractivity contribution < 1.29 is 9.18 Å². The van der Waals surface area contributed by atoms with Crippen molar-refractivity contribution in [3.05, 3.63) is 28.0 Å². The molecule has 2 rings (SSSR count). The summed E-state index contributed by atoms with van der Waals surface area (Å²) in [6.45, 7) is 3.90. The molecule has 1 fully saturated rings. The molecule has 110 valence electrons. The van der Waals surface area contributed by atoms with Gasteiger partial charge in [-0.2, -0.15) is 0 Å². The molecule has 0 aromatic heterocycles. The monoisotopic (exact) mass is 360 g/mol. The number of anilines is 1. The summed E-state index contributed by atoms with van der Waals surface area (Å²) < 4.78 is 13.9. The lowest BCUT2D eigenvalue weighted by molar-refractivity contribution is -0.113. The van der Waals surface area contributed by atoms with Crippen LogP contribution in [-0.2, 0) is 4.79 Å². The van der Waals surface area contributed by atoms with Crippen molar-refractivity contribution in [2.45, 2.75) is 25.0 Å². The van der Waals surface area contributed by atoms with Gasteiger partial charge in [-0.05, 0) is 66.5 Å². The van der Waals surface area contributed by atoms with Crippen molar-refractivity contribution in [1.82, 2.24) is 5.32 Å². The van der Waals surface area contributed by atoms with Gasteiger partial charge in [0.15, 0.2) is 0 Å². The van der Waals surface area contributed by atoms with Gasteiger partial charge in [-0.15, -0.1) is 11.8 Å². The largest absolute Gasteiger partial charge is 0.325 e. The first kappa shape index (κ1) is 15.8. The van der Waals surface area contributed by atoms with E-state index >= 15 is 0 Å². The highest BCUT2D eigenvalue weighted by Gasteiger charge is 2.15. The Labute approximate surface area is 131 Å². The van der Waals surface area contributed by atoms with Crippen molar-refractivity contribution in [3.63, 3.8) is 0 Å². The summed E-state index contributed by atoms with van der Waals surface area (Å²) in [4.78, 5) is 11.9. The van der Waals surface area contributed by atoms with Crippen LogP contribution in [0.3, 0.4) is 0 Å². The molecule has 1 aromatic rings. The van der Waals surface area contributed by atoms with Crippen LogP contribution < -0.4 is 10.6 Å². The first-order valence-electron chi connectivity index (χ1n) is 6.64. The number of carbonyl (C=O) groups is 1. The molecular formula is C14H18BrFN2OS. The van der Waals surface area contributed by atoms with Gasteiger partial charge < -0.3 is 10.6 Å². The van der Waals surface area contributed by atoms with Crippen LogP contribution in [0.5, 0.6) is 0 Å². The zero-order valence-corrected chi connectivity index (χ0v) is 13.7. The Hall–Kier alpha value is -0.590. The lowest BCUT2D eigenvalue weighted by atomic mass is 10.2. The van der Waals surface area contributed by atoms with Crippen LogP contribution in [0.25, 0.3) is 0 Å². The van der Waals surface area contributed by atoms with E-state index in [-0.39, 0.29) is 11.7 Å². The molecular weight excluding hydrogens is 343 g/mol. The number of hydrogen-bond acceptors (Lipinski definition) is 3. The van der Waals surface area contributed by atoms with E-state index in [0.717, 1.165) is 31.5 Å². The topological polar surface area (TPSA) is 41.1 Å². The Morgan fingerprint density at radius 3 is 2.90 bits per heavy atom.